The largest absolute Gasteiger partial charge is 0.569 e. The maximum atomic E-state index is 11.5. The van der Waals surface area contributed by atoms with E-state index in [9.17, 15) is 14.8 Å². The van der Waals surface area contributed by atoms with E-state index >= 15 is 0 Å². The van der Waals surface area contributed by atoms with Crippen molar-refractivity contribution >= 4 is 11.9 Å². The summed E-state index contributed by atoms with van der Waals surface area (Å²) in [6, 6.07) is 8.28. The van der Waals surface area contributed by atoms with Crippen molar-refractivity contribution in [2.75, 3.05) is 19.9 Å². The lowest BCUT2D eigenvalue weighted by Gasteiger charge is -2.30. The van der Waals surface area contributed by atoms with Gasteiger partial charge in [-0.05, 0) is 12.1 Å². The fraction of sp³-hybridized carbons (Fsp3) is 0.333. The highest BCUT2D eigenvalue weighted by Crippen LogP contribution is 2.15. The monoisotopic (exact) mass is 295 g/mol. The van der Waals surface area contributed by atoms with E-state index in [1.807, 2.05) is 0 Å². The summed E-state index contributed by atoms with van der Waals surface area (Å²) in [6.45, 7) is -0.381. The first-order valence-electron chi connectivity index (χ1n) is 6.08. The summed E-state index contributed by atoms with van der Waals surface area (Å²) in [7, 11) is 0. The van der Waals surface area contributed by atoms with Gasteiger partial charge in [0, 0.05) is 0 Å². The van der Waals surface area contributed by atoms with Gasteiger partial charge in [-0.25, -0.2) is 4.79 Å². The van der Waals surface area contributed by atoms with Crippen molar-refractivity contribution in [3.8, 4) is 0 Å². The van der Waals surface area contributed by atoms with Crippen LogP contribution in [-0.2, 0) is 14.4 Å². The van der Waals surface area contributed by atoms with Crippen LogP contribution in [0.3, 0.4) is 0 Å². The van der Waals surface area contributed by atoms with Crippen LogP contribution >= 0.6 is 0 Å². The first-order valence-corrected chi connectivity index (χ1v) is 6.08. The van der Waals surface area contributed by atoms with Crippen LogP contribution in [0.25, 0.3) is 0 Å². The molecule has 2 rings (SSSR count). The van der Waals surface area contributed by atoms with Crippen molar-refractivity contribution in [2.24, 2.45) is 11.2 Å². The molecule has 0 bridgehead atoms. The van der Waals surface area contributed by atoms with Crippen LogP contribution < -0.4 is 0 Å². The smallest absolute Gasteiger partial charge is 0.341 e. The molecule has 0 aromatic heterocycles. The predicted molar refractivity (Wildman–Crippen MR) is 66.6 cm³/mol. The minimum Gasteiger partial charge on any atom is -0.569 e. The van der Waals surface area contributed by atoms with Gasteiger partial charge in [0.15, 0.2) is 0 Å². The SMILES string of the molecule is O=C(OCON=[N+]([O-])N1CC(C(=O)O)C1)c1ccccc1. The zero-order valence-electron chi connectivity index (χ0n) is 10.9. The quantitative estimate of drug-likeness (QED) is 0.204. The van der Waals surface area contributed by atoms with Crippen molar-refractivity contribution < 1.29 is 29.2 Å². The molecule has 0 amide bonds. The third-order valence-electron chi connectivity index (χ3n) is 2.83. The summed E-state index contributed by atoms with van der Waals surface area (Å²) in [4.78, 5) is 26.7. The molecule has 0 saturated carbocycles. The Balaban J connectivity index is 1.69. The Morgan fingerprint density at radius 1 is 1.38 bits per heavy atom. The molecule has 9 nitrogen and oxygen atoms in total. The molecule has 1 aliphatic rings. The standard InChI is InChI=1S/C12H13N3O6/c16-11(17)10-6-14(7-10)15(19)13-21-8-20-12(18)9-4-2-1-3-5-9/h1-5,10H,6-8H2,(H,16,17). The van der Waals surface area contributed by atoms with E-state index in [0.29, 0.717) is 5.56 Å². The van der Waals surface area contributed by atoms with E-state index < -0.39 is 24.6 Å². The molecule has 1 heterocycles. The number of hydrogen-bond donors (Lipinski definition) is 1. The average Bonchev–Trinajstić information content (AvgIpc) is 2.42. The Hall–Kier alpha value is -2.84. The molecule has 0 aliphatic carbocycles. The second-order valence-corrected chi connectivity index (χ2v) is 4.29. The fourth-order valence-corrected chi connectivity index (χ4v) is 1.61. The molecule has 1 fully saturated rings. The number of hydrogen-bond acceptors (Lipinski definition) is 6. The minimum absolute atomic E-state index is 0.0650. The van der Waals surface area contributed by atoms with Crippen LogP contribution in [0, 0.1) is 11.1 Å². The molecule has 112 valence electrons. The van der Waals surface area contributed by atoms with Gasteiger partial charge >= 0.3 is 11.9 Å². The third kappa shape index (κ3) is 3.81. The van der Waals surface area contributed by atoms with Crippen molar-refractivity contribution in [1.82, 2.24) is 5.01 Å². The lowest BCUT2D eigenvalue weighted by molar-refractivity contribution is -0.726. The lowest BCUT2D eigenvalue weighted by atomic mass is 10.0. The molecular formula is C12H13N3O6. The lowest BCUT2D eigenvalue weighted by Crippen LogP contribution is -2.53. The van der Waals surface area contributed by atoms with Crippen LogP contribution in [-0.4, -0.2) is 46.9 Å². The van der Waals surface area contributed by atoms with Crippen LogP contribution in [0.5, 0.6) is 0 Å². The van der Waals surface area contributed by atoms with Gasteiger partial charge < -0.3 is 19.9 Å². The van der Waals surface area contributed by atoms with E-state index in [0.717, 1.165) is 5.01 Å². The van der Waals surface area contributed by atoms with E-state index in [1.54, 1.807) is 30.3 Å². The molecule has 1 aromatic carbocycles. The molecule has 0 radical (unpaired) electrons. The minimum atomic E-state index is -0.961. The van der Waals surface area contributed by atoms with Gasteiger partial charge in [0.25, 0.3) is 6.79 Å². The maximum Gasteiger partial charge on any atom is 0.341 e. The van der Waals surface area contributed by atoms with Gasteiger partial charge in [-0.3, -0.25) is 4.79 Å². The third-order valence-corrected chi connectivity index (χ3v) is 2.83. The number of carbonyl (C=O) groups excluding carboxylic acids is 1. The number of carboxylic acid groups (broad SMARTS) is 1. The van der Waals surface area contributed by atoms with Crippen molar-refractivity contribution in [1.29, 1.82) is 0 Å². The summed E-state index contributed by atoms with van der Waals surface area (Å²) < 4.78 is 4.74. The van der Waals surface area contributed by atoms with Gasteiger partial charge in [-0.2, -0.15) is 0 Å². The second-order valence-electron chi connectivity index (χ2n) is 4.29. The Morgan fingerprint density at radius 3 is 2.67 bits per heavy atom. The van der Waals surface area contributed by atoms with Crippen LogP contribution in [0.4, 0.5) is 0 Å². The Morgan fingerprint density at radius 2 is 2.05 bits per heavy atom. The van der Waals surface area contributed by atoms with E-state index in [2.05, 4.69) is 10.1 Å². The number of nitrogens with zero attached hydrogens (tertiary/aromatic N) is 3. The summed E-state index contributed by atoms with van der Waals surface area (Å²) in [6.07, 6.45) is 0. The van der Waals surface area contributed by atoms with Gasteiger partial charge in [-0.1, -0.05) is 18.2 Å². The fourth-order valence-electron chi connectivity index (χ4n) is 1.61. The van der Waals surface area contributed by atoms with Crippen molar-refractivity contribution in [3.63, 3.8) is 0 Å². The number of benzene rings is 1. The summed E-state index contributed by atoms with van der Waals surface area (Å²) >= 11 is 0. The van der Waals surface area contributed by atoms with Crippen molar-refractivity contribution in [3.05, 3.63) is 41.1 Å². The van der Waals surface area contributed by atoms with Crippen LogP contribution in [0.15, 0.2) is 35.6 Å². The van der Waals surface area contributed by atoms with E-state index in [-0.39, 0.29) is 18.1 Å². The van der Waals surface area contributed by atoms with E-state index in [4.69, 9.17) is 9.84 Å². The molecule has 1 N–H and O–H groups in total. The topological polar surface area (TPSA) is 114 Å². The zero-order valence-corrected chi connectivity index (χ0v) is 10.9. The highest BCUT2D eigenvalue weighted by atomic mass is 16.8. The molecular weight excluding hydrogens is 282 g/mol. The number of aliphatic carboxylic acids is 1. The highest BCUT2D eigenvalue weighted by Gasteiger charge is 2.38. The Bertz CT molecular complexity index is 541. The number of rotatable bonds is 6. The zero-order chi connectivity index (χ0) is 15.2. The summed E-state index contributed by atoms with van der Waals surface area (Å²) in [5.74, 6) is -2.14. The maximum absolute atomic E-state index is 11.5. The Labute approximate surface area is 119 Å². The molecule has 21 heavy (non-hydrogen) atoms. The molecule has 0 spiro atoms. The molecule has 1 aliphatic heterocycles. The second kappa shape index (κ2) is 6.55. The number of ether oxygens (including phenoxy) is 1. The molecule has 1 aromatic rings. The number of hydrazine groups is 1. The first-order chi connectivity index (χ1) is 10.1. The predicted octanol–water partition coefficient (Wildman–Crippen LogP) is 0.626. The van der Waals surface area contributed by atoms with Gasteiger partial charge in [0.2, 0.25) is 5.28 Å². The summed E-state index contributed by atoms with van der Waals surface area (Å²) in [5.41, 5.74) is 0.354. The first kappa shape index (κ1) is 14.6. The van der Waals surface area contributed by atoms with Crippen LogP contribution in [0.2, 0.25) is 0 Å². The number of esters is 1. The van der Waals surface area contributed by atoms with Crippen LogP contribution in [0.1, 0.15) is 10.4 Å². The average molecular weight is 295 g/mol. The molecule has 9 heteroatoms. The highest BCUT2D eigenvalue weighted by molar-refractivity contribution is 5.89. The number of carbonyl (C=O) groups is 2. The van der Waals surface area contributed by atoms with E-state index in [1.165, 1.54) is 0 Å². The molecule has 0 atom stereocenters. The van der Waals surface area contributed by atoms with Gasteiger partial charge in [0.1, 0.15) is 5.92 Å². The molecule has 0 unspecified atom stereocenters. The number of carboxylic acids is 1. The van der Waals surface area contributed by atoms with Gasteiger partial charge in [0.05, 0.1) is 23.6 Å². The summed E-state index contributed by atoms with van der Waals surface area (Å²) in [5, 5.41) is 24.3. The van der Waals surface area contributed by atoms with Crippen molar-refractivity contribution in [2.45, 2.75) is 0 Å². The normalized spacial score (nSPS) is 15.2. The molecule has 1 saturated heterocycles. The Kier molecular flexibility index (Phi) is 4.54. The van der Waals surface area contributed by atoms with Gasteiger partial charge in [-0.15, -0.1) is 5.01 Å².